The Bertz CT molecular complexity index is 2130. The second-order valence-corrected chi connectivity index (χ2v) is 14.9. The number of nitrogens with one attached hydrogen (secondary N) is 3. The molecular formula is C39H34N4O6S3. The first kappa shape index (κ1) is 36.3. The largest absolute Gasteiger partial charge is 0.465 e. The van der Waals surface area contributed by atoms with E-state index in [0.717, 1.165) is 20.9 Å². The van der Waals surface area contributed by atoms with Crippen LogP contribution in [0.25, 0.3) is 6.08 Å². The van der Waals surface area contributed by atoms with Crippen LogP contribution in [0.3, 0.4) is 0 Å². The minimum Gasteiger partial charge on any atom is -0.465 e. The molecule has 3 heterocycles. The number of thiophene rings is 2. The average molecular weight is 751 g/mol. The van der Waals surface area contributed by atoms with Gasteiger partial charge in [0.1, 0.15) is 15.9 Å². The van der Waals surface area contributed by atoms with Gasteiger partial charge in [0.25, 0.3) is 11.8 Å². The highest BCUT2D eigenvalue weighted by atomic mass is 32.2. The molecule has 6 rings (SSSR count). The summed E-state index contributed by atoms with van der Waals surface area (Å²) in [5.41, 5.74) is 2.77. The molecule has 2 aromatic heterocycles. The summed E-state index contributed by atoms with van der Waals surface area (Å²) in [5.74, 6) is -1.91. The molecule has 0 radical (unpaired) electrons. The molecule has 1 aliphatic heterocycles. The highest BCUT2D eigenvalue weighted by Crippen LogP contribution is 2.41. The Balaban J connectivity index is 1.24. The number of ether oxygens (including phenoxy) is 1. The van der Waals surface area contributed by atoms with E-state index < -0.39 is 23.0 Å². The van der Waals surface area contributed by atoms with Crippen molar-refractivity contribution in [2.45, 2.75) is 30.0 Å². The number of methoxy groups -OCH3 is 1. The molecule has 0 saturated carbocycles. The first-order valence-electron chi connectivity index (χ1n) is 16.2. The first-order chi connectivity index (χ1) is 25.2. The third-order valence-corrected chi connectivity index (χ3v) is 11.4. The van der Waals surface area contributed by atoms with Crippen LogP contribution >= 0.6 is 34.4 Å². The SMILES string of the molecule is COC(=O)c1c(NC(=O)C(Sc2cccc(NC(=O)/C(=C/c3cccs3)NC(=O)c3ccccc3)c2)c2ccccc2)sc2c1CCN(C(C)=O)C2. The molecule has 13 heteroatoms. The molecule has 1 aliphatic rings. The van der Waals surface area contributed by atoms with Crippen molar-refractivity contribution in [2.24, 2.45) is 0 Å². The quantitative estimate of drug-likeness (QED) is 0.0729. The van der Waals surface area contributed by atoms with Gasteiger partial charge in [0.05, 0.1) is 19.2 Å². The number of amides is 4. The molecule has 10 nitrogen and oxygen atoms in total. The molecule has 1 unspecified atom stereocenters. The first-order valence-corrected chi connectivity index (χ1v) is 18.8. The van der Waals surface area contributed by atoms with Crippen molar-refractivity contribution in [3.63, 3.8) is 0 Å². The van der Waals surface area contributed by atoms with Crippen LogP contribution in [0.2, 0.25) is 0 Å². The van der Waals surface area contributed by atoms with Gasteiger partial charge in [-0.1, -0.05) is 60.7 Å². The normalized spacial score (nSPS) is 13.0. The lowest BCUT2D eigenvalue weighted by Crippen LogP contribution is -2.33. The zero-order chi connectivity index (χ0) is 36.6. The summed E-state index contributed by atoms with van der Waals surface area (Å²) < 4.78 is 5.10. The number of rotatable bonds is 11. The Hall–Kier alpha value is -5.50. The Kier molecular flexibility index (Phi) is 11.6. The van der Waals surface area contributed by atoms with Crippen LogP contribution in [0.4, 0.5) is 10.7 Å². The van der Waals surface area contributed by atoms with Crippen molar-refractivity contribution >= 4 is 80.8 Å². The molecule has 0 fully saturated rings. The minimum atomic E-state index is -0.745. The molecule has 5 aromatic rings. The van der Waals surface area contributed by atoms with Crippen molar-refractivity contribution in [1.82, 2.24) is 10.2 Å². The highest BCUT2D eigenvalue weighted by Gasteiger charge is 2.32. The molecule has 4 amide bonds. The lowest BCUT2D eigenvalue weighted by molar-refractivity contribution is -0.129. The van der Waals surface area contributed by atoms with E-state index in [1.54, 1.807) is 59.5 Å². The van der Waals surface area contributed by atoms with Crippen molar-refractivity contribution in [3.8, 4) is 0 Å². The molecule has 3 N–H and O–H groups in total. The lowest BCUT2D eigenvalue weighted by Gasteiger charge is -2.25. The molecule has 0 saturated heterocycles. The maximum atomic E-state index is 14.1. The number of hydrogen-bond donors (Lipinski definition) is 3. The van der Waals surface area contributed by atoms with Gasteiger partial charge in [-0.25, -0.2) is 4.79 Å². The van der Waals surface area contributed by atoms with Gasteiger partial charge >= 0.3 is 5.97 Å². The maximum Gasteiger partial charge on any atom is 0.341 e. The molecule has 3 aromatic carbocycles. The van der Waals surface area contributed by atoms with Gasteiger partial charge in [-0.2, -0.15) is 0 Å². The van der Waals surface area contributed by atoms with Crippen molar-refractivity contribution < 1.29 is 28.7 Å². The molecule has 0 bridgehead atoms. The molecule has 1 atom stereocenters. The van der Waals surface area contributed by atoms with Crippen LogP contribution < -0.4 is 16.0 Å². The van der Waals surface area contributed by atoms with E-state index in [1.807, 2.05) is 53.9 Å². The second kappa shape index (κ2) is 16.7. The number of carbonyl (C=O) groups is 5. The molecule has 0 aliphatic carbocycles. The molecule has 264 valence electrons. The van der Waals surface area contributed by atoms with E-state index in [-0.39, 0.29) is 17.5 Å². The highest BCUT2D eigenvalue weighted by molar-refractivity contribution is 8.00. The summed E-state index contributed by atoms with van der Waals surface area (Å²) in [6.45, 7) is 2.33. The fourth-order valence-electron chi connectivity index (χ4n) is 5.60. The number of hydrogen-bond acceptors (Lipinski definition) is 9. The standard InChI is InChI=1S/C39H34N4O6S3/c1-24(44)43-19-18-30-32(23-43)52-38(33(30)39(48)49-2)42-37(47)34(25-11-5-3-6-12-25)51-29-16-9-15-27(21-29)40-36(46)31(22-28-17-10-20-50-28)41-35(45)26-13-7-4-8-14-26/h3-17,20-22,34H,18-19,23H2,1-2H3,(H,40,46)(H,41,45)(H,42,47)/b31-22-. The Morgan fingerprint density at radius 2 is 1.65 bits per heavy atom. The Morgan fingerprint density at radius 3 is 2.35 bits per heavy atom. The van der Waals surface area contributed by atoms with Crippen LogP contribution in [-0.4, -0.2) is 48.2 Å². The topological polar surface area (TPSA) is 134 Å². The van der Waals surface area contributed by atoms with Gasteiger partial charge < -0.3 is 25.6 Å². The predicted octanol–water partition coefficient (Wildman–Crippen LogP) is 7.38. The number of nitrogens with zero attached hydrogens (tertiary/aromatic N) is 1. The van der Waals surface area contributed by atoms with Gasteiger partial charge in [-0.3, -0.25) is 19.2 Å². The van der Waals surface area contributed by atoms with Crippen LogP contribution in [0.1, 0.15) is 53.8 Å². The molecule has 52 heavy (non-hydrogen) atoms. The van der Waals surface area contributed by atoms with Crippen molar-refractivity contribution in [2.75, 3.05) is 24.3 Å². The summed E-state index contributed by atoms with van der Waals surface area (Å²) in [6.07, 6.45) is 2.10. The number of anilines is 2. The summed E-state index contributed by atoms with van der Waals surface area (Å²) >= 11 is 3.98. The zero-order valence-corrected chi connectivity index (χ0v) is 30.7. The van der Waals surface area contributed by atoms with Gasteiger partial charge in [-0.05, 0) is 65.4 Å². The summed E-state index contributed by atoms with van der Waals surface area (Å²) in [7, 11) is 1.30. The van der Waals surface area contributed by atoms with Crippen LogP contribution in [-0.2, 0) is 32.1 Å². The van der Waals surface area contributed by atoms with Crippen LogP contribution in [0.5, 0.6) is 0 Å². The van der Waals surface area contributed by atoms with Gasteiger partial charge in [-0.15, -0.1) is 34.4 Å². The third-order valence-electron chi connectivity index (χ3n) is 8.17. The van der Waals surface area contributed by atoms with E-state index in [1.165, 1.54) is 48.5 Å². The Labute approximate surface area is 312 Å². The smallest absolute Gasteiger partial charge is 0.341 e. The van der Waals surface area contributed by atoms with E-state index in [0.29, 0.717) is 46.2 Å². The third kappa shape index (κ3) is 8.68. The summed E-state index contributed by atoms with van der Waals surface area (Å²) in [5, 5.41) is 10.1. The second-order valence-electron chi connectivity index (χ2n) is 11.7. The van der Waals surface area contributed by atoms with Crippen LogP contribution in [0.15, 0.2) is 113 Å². The van der Waals surface area contributed by atoms with E-state index >= 15 is 0 Å². The van der Waals surface area contributed by atoms with E-state index in [9.17, 15) is 24.0 Å². The lowest BCUT2D eigenvalue weighted by atomic mass is 10.0. The van der Waals surface area contributed by atoms with Crippen LogP contribution in [0, 0.1) is 0 Å². The number of fused-ring (bicyclic) bond motifs is 1. The predicted molar refractivity (Wildman–Crippen MR) is 205 cm³/mol. The van der Waals surface area contributed by atoms with E-state index in [4.69, 9.17) is 4.74 Å². The molecule has 0 spiro atoms. The monoisotopic (exact) mass is 750 g/mol. The van der Waals surface area contributed by atoms with Gasteiger partial charge in [0.2, 0.25) is 11.8 Å². The summed E-state index contributed by atoms with van der Waals surface area (Å²) in [4.78, 5) is 69.8. The molecular weight excluding hydrogens is 717 g/mol. The number of carbonyl (C=O) groups excluding carboxylic acids is 5. The Morgan fingerprint density at radius 1 is 0.904 bits per heavy atom. The van der Waals surface area contributed by atoms with E-state index in [2.05, 4.69) is 16.0 Å². The zero-order valence-electron chi connectivity index (χ0n) is 28.2. The minimum absolute atomic E-state index is 0.0603. The van der Waals surface area contributed by atoms with Gasteiger partial charge in [0, 0.05) is 39.4 Å². The fourth-order valence-corrected chi connectivity index (χ4v) is 8.59. The average Bonchev–Trinajstić information content (AvgIpc) is 3.81. The maximum absolute atomic E-state index is 14.1. The number of esters is 1. The van der Waals surface area contributed by atoms with Crippen molar-refractivity contribution in [3.05, 3.63) is 140 Å². The van der Waals surface area contributed by atoms with Crippen molar-refractivity contribution in [1.29, 1.82) is 0 Å². The fraction of sp³-hybridized carbons (Fsp3) is 0.154. The van der Waals surface area contributed by atoms with Gasteiger partial charge in [0.15, 0.2) is 0 Å². The summed E-state index contributed by atoms with van der Waals surface area (Å²) in [6, 6.07) is 28.7. The number of benzene rings is 3. The number of thioether (sulfide) groups is 1.